The molecule has 1 N–H and O–H groups in total. The highest BCUT2D eigenvalue weighted by atomic mass is 16.1. The summed E-state index contributed by atoms with van der Waals surface area (Å²) in [5.41, 5.74) is 0.349. The molecule has 0 spiro atoms. The van der Waals surface area contributed by atoms with E-state index in [0.717, 1.165) is 19.4 Å². The van der Waals surface area contributed by atoms with Gasteiger partial charge in [0.1, 0.15) is 6.29 Å². The van der Waals surface area contributed by atoms with Crippen LogP contribution in [0.5, 0.6) is 0 Å². The van der Waals surface area contributed by atoms with Crippen molar-refractivity contribution in [2.45, 2.75) is 6.92 Å². The zero-order valence-electron chi connectivity index (χ0n) is 5.55. The molecule has 2 rings (SSSR count). The number of hydrogen-bond acceptors (Lipinski definition) is 2. The van der Waals surface area contributed by atoms with Gasteiger partial charge in [0.25, 0.3) is 0 Å². The SMILES string of the molecule is C[C@@]12CNC[C@@H]1[C@H]2C=O. The molecular weight excluding hydrogens is 114 g/mol. The predicted molar refractivity (Wildman–Crippen MR) is 34.0 cm³/mol. The highest BCUT2D eigenvalue weighted by Crippen LogP contribution is 2.59. The molecule has 0 unspecified atom stereocenters. The molecule has 0 radical (unpaired) electrons. The van der Waals surface area contributed by atoms with Crippen LogP contribution in [-0.4, -0.2) is 19.4 Å². The molecule has 0 aromatic heterocycles. The summed E-state index contributed by atoms with van der Waals surface area (Å²) in [6.45, 7) is 4.29. The van der Waals surface area contributed by atoms with Crippen molar-refractivity contribution in [3.8, 4) is 0 Å². The fourth-order valence-electron chi connectivity index (χ4n) is 2.06. The van der Waals surface area contributed by atoms with Crippen molar-refractivity contribution in [2.75, 3.05) is 13.1 Å². The molecule has 1 aliphatic carbocycles. The lowest BCUT2D eigenvalue weighted by Crippen LogP contribution is -2.18. The van der Waals surface area contributed by atoms with E-state index in [1.54, 1.807) is 0 Å². The van der Waals surface area contributed by atoms with Crippen molar-refractivity contribution < 1.29 is 4.79 Å². The van der Waals surface area contributed by atoms with E-state index in [-0.39, 0.29) is 0 Å². The van der Waals surface area contributed by atoms with Gasteiger partial charge in [-0.3, -0.25) is 0 Å². The minimum atomic E-state index is 0.349. The average Bonchev–Trinajstić information content (AvgIpc) is 2.16. The van der Waals surface area contributed by atoms with Gasteiger partial charge in [0.2, 0.25) is 0 Å². The monoisotopic (exact) mass is 125 g/mol. The second-order valence-corrected chi connectivity index (χ2v) is 3.41. The summed E-state index contributed by atoms with van der Waals surface area (Å²) in [6.07, 6.45) is 1.12. The third-order valence-corrected chi connectivity index (χ3v) is 2.95. The van der Waals surface area contributed by atoms with E-state index in [1.807, 2.05) is 0 Å². The minimum absolute atomic E-state index is 0.349. The van der Waals surface area contributed by atoms with Gasteiger partial charge in [-0.2, -0.15) is 0 Å². The Kier molecular flexibility index (Phi) is 0.826. The molecule has 2 fully saturated rings. The van der Waals surface area contributed by atoms with Gasteiger partial charge < -0.3 is 10.1 Å². The first kappa shape index (κ1) is 5.42. The summed E-state index contributed by atoms with van der Waals surface area (Å²) >= 11 is 0. The lowest BCUT2D eigenvalue weighted by Gasteiger charge is -2.02. The van der Waals surface area contributed by atoms with Crippen LogP contribution in [0.15, 0.2) is 0 Å². The highest BCUT2D eigenvalue weighted by molar-refractivity contribution is 5.62. The van der Waals surface area contributed by atoms with Crippen molar-refractivity contribution in [1.82, 2.24) is 5.32 Å². The average molecular weight is 125 g/mol. The number of hydrogen-bond donors (Lipinski definition) is 1. The molecule has 9 heavy (non-hydrogen) atoms. The normalized spacial score (nSPS) is 54.8. The van der Waals surface area contributed by atoms with Gasteiger partial charge in [0, 0.05) is 12.5 Å². The van der Waals surface area contributed by atoms with Crippen LogP contribution >= 0.6 is 0 Å². The molecule has 1 saturated carbocycles. The van der Waals surface area contributed by atoms with Gasteiger partial charge >= 0.3 is 0 Å². The van der Waals surface area contributed by atoms with Gasteiger partial charge in [0.15, 0.2) is 0 Å². The zero-order valence-corrected chi connectivity index (χ0v) is 5.55. The smallest absolute Gasteiger partial charge is 0.124 e. The Balaban J connectivity index is 2.16. The topological polar surface area (TPSA) is 29.1 Å². The van der Waals surface area contributed by atoms with Crippen molar-refractivity contribution >= 4 is 6.29 Å². The summed E-state index contributed by atoms with van der Waals surface area (Å²) in [5.74, 6) is 1.04. The van der Waals surface area contributed by atoms with E-state index in [4.69, 9.17) is 0 Å². The fraction of sp³-hybridized carbons (Fsp3) is 0.857. The van der Waals surface area contributed by atoms with E-state index in [2.05, 4.69) is 12.2 Å². The van der Waals surface area contributed by atoms with Crippen molar-refractivity contribution in [3.05, 3.63) is 0 Å². The number of rotatable bonds is 1. The number of fused-ring (bicyclic) bond motifs is 1. The third-order valence-electron chi connectivity index (χ3n) is 2.95. The molecule has 50 valence electrons. The van der Waals surface area contributed by atoms with E-state index in [9.17, 15) is 4.79 Å². The Labute approximate surface area is 54.6 Å². The maximum Gasteiger partial charge on any atom is 0.124 e. The molecule has 1 saturated heterocycles. The molecule has 2 nitrogen and oxygen atoms in total. The first-order chi connectivity index (χ1) is 4.29. The number of aldehydes is 1. The molecular formula is C7H11NO. The molecule has 1 heterocycles. The maximum absolute atomic E-state index is 10.4. The van der Waals surface area contributed by atoms with Gasteiger partial charge in [-0.1, -0.05) is 6.92 Å². The van der Waals surface area contributed by atoms with Crippen molar-refractivity contribution in [1.29, 1.82) is 0 Å². The Hall–Kier alpha value is -0.370. The third kappa shape index (κ3) is 0.472. The second kappa shape index (κ2) is 1.37. The van der Waals surface area contributed by atoms with Gasteiger partial charge in [0.05, 0.1) is 0 Å². The Bertz CT molecular complexity index is 157. The Morgan fingerprint density at radius 1 is 1.78 bits per heavy atom. The van der Waals surface area contributed by atoms with E-state index >= 15 is 0 Å². The summed E-state index contributed by atoms with van der Waals surface area (Å²) in [5, 5.41) is 3.27. The second-order valence-electron chi connectivity index (χ2n) is 3.41. The maximum atomic E-state index is 10.4. The van der Waals surface area contributed by atoms with E-state index in [1.165, 1.54) is 0 Å². The summed E-state index contributed by atoms with van der Waals surface area (Å²) in [7, 11) is 0. The van der Waals surface area contributed by atoms with Crippen LogP contribution in [0.4, 0.5) is 0 Å². The number of carbonyl (C=O) groups excluding carboxylic acids is 1. The van der Waals surface area contributed by atoms with Crippen LogP contribution in [0.1, 0.15) is 6.92 Å². The van der Waals surface area contributed by atoms with Crippen LogP contribution in [-0.2, 0) is 4.79 Å². The standard InChI is InChI=1S/C7H11NO/c1-7-4-8-2-5(7)6(7)3-9/h3,5-6,8H,2,4H2,1H3/t5-,6-,7-/m1/s1. The molecule has 2 aliphatic rings. The number of piperidine rings is 1. The summed E-state index contributed by atoms with van der Waals surface area (Å²) in [6, 6.07) is 0. The highest BCUT2D eigenvalue weighted by Gasteiger charge is 2.63. The predicted octanol–water partition coefficient (Wildman–Crippen LogP) is 0.0408. The van der Waals surface area contributed by atoms with Crippen molar-refractivity contribution in [3.63, 3.8) is 0 Å². The van der Waals surface area contributed by atoms with E-state index in [0.29, 0.717) is 17.3 Å². The molecule has 0 amide bonds. The van der Waals surface area contributed by atoms with Crippen LogP contribution in [0.2, 0.25) is 0 Å². The lowest BCUT2D eigenvalue weighted by atomic mass is 10.1. The van der Waals surface area contributed by atoms with Gasteiger partial charge in [-0.15, -0.1) is 0 Å². The first-order valence-electron chi connectivity index (χ1n) is 3.45. The minimum Gasteiger partial charge on any atom is -0.316 e. The molecule has 3 atom stereocenters. The lowest BCUT2D eigenvalue weighted by molar-refractivity contribution is -0.109. The fourth-order valence-corrected chi connectivity index (χ4v) is 2.06. The van der Waals surface area contributed by atoms with Crippen LogP contribution in [0, 0.1) is 17.3 Å². The quantitative estimate of drug-likeness (QED) is 0.501. The van der Waals surface area contributed by atoms with Crippen molar-refractivity contribution in [2.24, 2.45) is 17.3 Å². The van der Waals surface area contributed by atoms with E-state index < -0.39 is 0 Å². The molecule has 0 bridgehead atoms. The molecule has 2 heteroatoms. The van der Waals surface area contributed by atoms with Crippen LogP contribution < -0.4 is 5.32 Å². The Morgan fingerprint density at radius 2 is 2.56 bits per heavy atom. The van der Waals surface area contributed by atoms with Gasteiger partial charge in [-0.05, 0) is 17.9 Å². The number of nitrogens with one attached hydrogen (secondary N) is 1. The number of carbonyl (C=O) groups is 1. The molecule has 0 aromatic carbocycles. The van der Waals surface area contributed by atoms with Gasteiger partial charge in [-0.25, -0.2) is 0 Å². The largest absolute Gasteiger partial charge is 0.316 e. The first-order valence-corrected chi connectivity index (χ1v) is 3.45. The Morgan fingerprint density at radius 3 is 2.89 bits per heavy atom. The summed E-state index contributed by atoms with van der Waals surface area (Å²) < 4.78 is 0. The summed E-state index contributed by atoms with van der Waals surface area (Å²) in [4.78, 5) is 10.4. The molecule has 1 aliphatic heterocycles. The van der Waals surface area contributed by atoms with Crippen LogP contribution in [0.3, 0.4) is 0 Å². The zero-order chi connectivity index (χ0) is 6.48. The van der Waals surface area contributed by atoms with Crippen LogP contribution in [0.25, 0.3) is 0 Å². The molecule has 0 aromatic rings.